The van der Waals surface area contributed by atoms with Gasteiger partial charge in [0.05, 0.1) is 24.2 Å². The Kier molecular flexibility index (Phi) is 4.74. The van der Waals surface area contributed by atoms with Crippen molar-refractivity contribution in [2.45, 2.75) is 13.5 Å². The number of anilines is 1. The summed E-state index contributed by atoms with van der Waals surface area (Å²) in [5.41, 5.74) is 2.03. The van der Waals surface area contributed by atoms with Crippen LogP contribution in [-0.4, -0.2) is 28.3 Å². The molecule has 134 valence electrons. The van der Waals surface area contributed by atoms with Crippen LogP contribution in [0.1, 0.15) is 22.8 Å². The van der Waals surface area contributed by atoms with Crippen molar-refractivity contribution in [2.24, 2.45) is 0 Å². The van der Waals surface area contributed by atoms with Crippen molar-refractivity contribution in [1.82, 2.24) is 4.57 Å². The summed E-state index contributed by atoms with van der Waals surface area (Å²) >= 11 is 0. The van der Waals surface area contributed by atoms with Crippen LogP contribution in [0.5, 0.6) is 0 Å². The molecule has 0 saturated heterocycles. The molecule has 8 heteroatoms. The van der Waals surface area contributed by atoms with Gasteiger partial charge in [0.1, 0.15) is 0 Å². The third kappa shape index (κ3) is 3.59. The summed E-state index contributed by atoms with van der Waals surface area (Å²) < 4.78 is 11.4. The molecule has 0 aliphatic carbocycles. The second-order valence-corrected chi connectivity index (χ2v) is 5.49. The molecule has 0 fully saturated rings. The quantitative estimate of drug-likeness (QED) is 0.727. The highest BCUT2D eigenvalue weighted by molar-refractivity contribution is 5.91. The van der Waals surface area contributed by atoms with Gasteiger partial charge in [-0.05, 0) is 42.8 Å². The van der Waals surface area contributed by atoms with Gasteiger partial charge in [-0.2, -0.15) is 0 Å². The fourth-order valence-corrected chi connectivity index (χ4v) is 2.56. The number of amides is 1. The predicted octanol–water partition coefficient (Wildman–Crippen LogP) is 2.91. The molecule has 0 radical (unpaired) electrons. The molecular weight excluding hydrogens is 340 g/mol. The molecule has 0 saturated carbocycles. The van der Waals surface area contributed by atoms with Gasteiger partial charge >= 0.3 is 17.8 Å². The molecule has 0 unspecified atom stereocenters. The first-order chi connectivity index (χ1) is 12.5. The van der Waals surface area contributed by atoms with Crippen LogP contribution >= 0.6 is 0 Å². The number of carbonyl (C=O) groups excluding carboxylic acids is 1. The van der Waals surface area contributed by atoms with Gasteiger partial charge in [-0.25, -0.2) is 14.4 Å². The van der Waals surface area contributed by atoms with Crippen LogP contribution in [-0.2, 0) is 11.3 Å². The Labute approximate surface area is 147 Å². The van der Waals surface area contributed by atoms with Gasteiger partial charge in [0.2, 0.25) is 0 Å². The molecule has 0 bridgehead atoms. The van der Waals surface area contributed by atoms with Crippen molar-refractivity contribution in [3.8, 4) is 0 Å². The Hall–Kier alpha value is -3.55. The fourth-order valence-electron chi connectivity index (χ4n) is 2.56. The Morgan fingerprint density at radius 1 is 1.23 bits per heavy atom. The minimum absolute atomic E-state index is 0.0408. The van der Waals surface area contributed by atoms with Crippen LogP contribution in [0.15, 0.2) is 51.7 Å². The molecule has 8 nitrogen and oxygen atoms in total. The molecule has 1 heterocycles. The number of carbonyl (C=O) groups is 2. The van der Waals surface area contributed by atoms with Crippen LogP contribution in [0.25, 0.3) is 11.1 Å². The number of benzene rings is 2. The van der Waals surface area contributed by atoms with Crippen LogP contribution in [0.4, 0.5) is 10.5 Å². The molecule has 2 aromatic carbocycles. The van der Waals surface area contributed by atoms with E-state index >= 15 is 0 Å². The summed E-state index contributed by atoms with van der Waals surface area (Å²) in [6.07, 6.45) is -0.559. The number of hydrogen-bond donors (Lipinski definition) is 2. The summed E-state index contributed by atoms with van der Waals surface area (Å²) in [4.78, 5) is 34.7. The first kappa shape index (κ1) is 17.3. The molecular formula is C18H16N2O6. The van der Waals surface area contributed by atoms with Gasteiger partial charge in [-0.3, -0.25) is 9.88 Å². The predicted molar refractivity (Wildman–Crippen MR) is 93.6 cm³/mol. The maximum absolute atomic E-state index is 12.1. The lowest BCUT2D eigenvalue weighted by Crippen LogP contribution is -2.16. The maximum Gasteiger partial charge on any atom is 0.420 e. The maximum atomic E-state index is 12.1. The van der Waals surface area contributed by atoms with Crippen LogP contribution in [0.2, 0.25) is 0 Å². The van der Waals surface area contributed by atoms with E-state index in [2.05, 4.69) is 5.32 Å². The standard InChI is InChI=1S/C18H16N2O6/c1-2-25-17(23)19-13-5-3-4-11(8-13)10-20-14-7-6-12(16(21)22)9-15(14)26-18(20)24/h3-9H,2,10H2,1H3,(H,19,23)(H,21,22). The fraction of sp³-hybridized carbons (Fsp3) is 0.167. The number of fused-ring (bicyclic) bond motifs is 1. The first-order valence-corrected chi connectivity index (χ1v) is 7.87. The van der Waals surface area contributed by atoms with Crippen molar-refractivity contribution in [3.63, 3.8) is 0 Å². The van der Waals surface area contributed by atoms with E-state index in [0.717, 1.165) is 5.56 Å². The molecule has 1 amide bonds. The lowest BCUT2D eigenvalue weighted by atomic mass is 10.2. The molecule has 0 aliphatic rings. The number of aromatic nitrogens is 1. The minimum Gasteiger partial charge on any atom is -0.478 e. The van der Waals surface area contributed by atoms with Gasteiger partial charge in [-0.15, -0.1) is 0 Å². The van der Waals surface area contributed by atoms with E-state index in [1.54, 1.807) is 31.2 Å². The lowest BCUT2D eigenvalue weighted by Gasteiger charge is -2.08. The first-order valence-electron chi connectivity index (χ1n) is 7.87. The van der Waals surface area contributed by atoms with Crippen LogP contribution in [0.3, 0.4) is 0 Å². The average molecular weight is 356 g/mol. The highest BCUT2D eigenvalue weighted by atomic mass is 16.5. The van der Waals surface area contributed by atoms with Crippen molar-refractivity contribution >= 4 is 28.8 Å². The normalized spacial score (nSPS) is 10.7. The number of oxazole rings is 1. The molecule has 3 rings (SSSR count). The SMILES string of the molecule is CCOC(=O)Nc1cccc(Cn2c(=O)oc3cc(C(=O)O)ccc32)c1. The van der Waals surface area contributed by atoms with Crippen LogP contribution in [0, 0.1) is 0 Å². The van der Waals surface area contributed by atoms with E-state index in [1.165, 1.54) is 22.8 Å². The third-order valence-electron chi connectivity index (χ3n) is 3.70. The molecule has 3 aromatic rings. The van der Waals surface area contributed by atoms with Crippen LogP contribution < -0.4 is 11.1 Å². The van der Waals surface area contributed by atoms with E-state index in [1.807, 2.05) is 0 Å². The van der Waals surface area contributed by atoms with Gasteiger partial charge in [-0.1, -0.05) is 12.1 Å². The molecule has 0 aliphatic heterocycles. The minimum atomic E-state index is -1.10. The highest BCUT2D eigenvalue weighted by Gasteiger charge is 2.13. The summed E-state index contributed by atoms with van der Waals surface area (Å²) in [6.45, 7) is 2.18. The summed E-state index contributed by atoms with van der Waals surface area (Å²) in [5.74, 6) is -1.69. The average Bonchev–Trinajstić information content (AvgIpc) is 2.90. The zero-order valence-electron chi connectivity index (χ0n) is 13.9. The topological polar surface area (TPSA) is 111 Å². The molecule has 0 spiro atoms. The van der Waals surface area contributed by atoms with Crippen molar-refractivity contribution in [1.29, 1.82) is 0 Å². The number of nitrogens with one attached hydrogen (secondary N) is 1. The molecule has 0 atom stereocenters. The number of nitrogens with zero attached hydrogens (tertiary/aromatic N) is 1. The van der Waals surface area contributed by atoms with E-state index in [4.69, 9.17) is 14.3 Å². The molecule has 2 N–H and O–H groups in total. The zero-order chi connectivity index (χ0) is 18.7. The van der Waals surface area contributed by atoms with Gasteiger partial charge in [0.25, 0.3) is 0 Å². The number of rotatable bonds is 5. The van der Waals surface area contributed by atoms with E-state index in [9.17, 15) is 14.4 Å². The van der Waals surface area contributed by atoms with Gasteiger partial charge in [0, 0.05) is 5.69 Å². The second kappa shape index (κ2) is 7.14. The van der Waals surface area contributed by atoms with E-state index in [-0.39, 0.29) is 24.3 Å². The van der Waals surface area contributed by atoms with Gasteiger partial charge in [0.15, 0.2) is 5.58 Å². The van der Waals surface area contributed by atoms with Crippen molar-refractivity contribution < 1.29 is 23.8 Å². The lowest BCUT2D eigenvalue weighted by molar-refractivity contribution is 0.0697. The Morgan fingerprint density at radius 3 is 2.77 bits per heavy atom. The summed E-state index contributed by atoms with van der Waals surface area (Å²) in [6, 6.07) is 11.2. The largest absolute Gasteiger partial charge is 0.478 e. The number of aromatic carboxylic acids is 1. The number of hydrogen-bond acceptors (Lipinski definition) is 5. The third-order valence-corrected chi connectivity index (χ3v) is 3.70. The Bertz CT molecular complexity index is 1030. The molecule has 1 aromatic heterocycles. The molecule has 26 heavy (non-hydrogen) atoms. The Morgan fingerprint density at radius 2 is 2.04 bits per heavy atom. The Balaban J connectivity index is 1.89. The number of carboxylic acid groups (broad SMARTS) is 1. The monoisotopic (exact) mass is 356 g/mol. The smallest absolute Gasteiger partial charge is 0.420 e. The zero-order valence-corrected chi connectivity index (χ0v) is 13.9. The summed E-state index contributed by atoms with van der Waals surface area (Å²) in [5, 5.41) is 11.6. The van der Waals surface area contributed by atoms with Crippen molar-refractivity contribution in [2.75, 3.05) is 11.9 Å². The summed E-state index contributed by atoms with van der Waals surface area (Å²) in [7, 11) is 0. The number of carboxylic acids is 1. The van der Waals surface area contributed by atoms with E-state index < -0.39 is 17.8 Å². The van der Waals surface area contributed by atoms with Crippen molar-refractivity contribution in [3.05, 3.63) is 64.1 Å². The van der Waals surface area contributed by atoms with E-state index in [0.29, 0.717) is 11.2 Å². The highest BCUT2D eigenvalue weighted by Crippen LogP contribution is 2.18. The number of ether oxygens (including phenoxy) is 1. The second-order valence-electron chi connectivity index (χ2n) is 5.49. The van der Waals surface area contributed by atoms with Gasteiger partial charge < -0.3 is 14.3 Å².